The Morgan fingerprint density at radius 3 is 2.63 bits per heavy atom. The molecule has 0 aliphatic heterocycles. The van der Waals surface area contributed by atoms with Crippen molar-refractivity contribution in [3.63, 3.8) is 0 Å². The van der Waals surface area contributed by atoms with Gasteiger partial charge in [-0.2, -0.15) is 8.78 Å². The molecular weight excluding hydrogens is 278 g/mol. The highest BCUT2D eigenvalue weighted by Gasteiger charge is 2.18. The van der Waals surface area contributed by atoms with Gasteiger partial charge in [0, 0.05) is 20.1 Å². The van der Waals surface area contributed by atoms with Crippen LogP contribution in [0.15, 0.2) is 24.3 Å². The number of nitrogens with zero attached hydrogens (tertiary/aromatic N) is 1. The van der Waals surface area contributed by atoms with Crippen LogP contribution in [0.2, 0.25) is 0 Å². The molecule has 1 amide bonds. The number of nitrogens with one attached hydrogen (secondary N) is 1. The number of carbonyl (C=O) groups excluding carboxylic acids is 1. The lowest BCUT2D eigenvalue weighted by atomic mass is 10.2. The molecule has 108 valence electrons. The molecule has 1 N–H and O–H groups in total. The molecule has 19 heavy (non-hydrogen) atoms. The smallest absolute Gasteiger partial charge is 0.387 e. The average molecular weight is 295 g/mol. The maximum absolute atomic E-state index is 12.2. The van der Waals surface area contributed by atoms with Gasteiger partial charge in [0.1, 0.15) is 5.75 Å². The second kappa shape index (κ2) is 8.66. The quantitative estimate of drug-likeness (QED) is 0.872. The van der Waals surface area contributed by atoms with E-state index in [9.17, 15) is 13.6 Å². The van der Waals surface area contributed by atoms with E-state index < -0.39 is 6.61 Å². The van der Waals surface area contributed by atoms with E-state index in [1.807, 2.05) is 0 Å². The second-order valence-corrected chi connectivity index (χ2v) is 3.70. The van der Waals surface area contributed by atoms with Gasteiger partial charge >= 0.3 is 6.61 Å². The molecule has 0 radical (unpaired) electrons. The van der Waals surface area contributed by atoms with Gasteiger partial charge in [-0.1, -0.05) is 12.1 Å². The summed E-state index contributed by atoms with van der Waals surface area (Å²) in [6.07, 6.45) is 0. The van der Waals surface area contributed by atoms with E-state index in [1.54, 1.807) is 26.2 Å². The topological polar surface area (TPSA) is 41.6 Å². The van der Waals surface area contributed by atoms with Gasteiger partial charge in [0.25, 0.3) is 5.91 Å². The molecule has 0 aliphatic carbocycles. The Hall–Kier alpha value is -1.40. The van der Waals surface area contributed by atoms with Gasteiger partial charge in [-0.05, 0) is 19.2 Å². The van der Waals surface area contributed by atoms with Crippen molar-refractivity contribution in [2.75, 3.05) is 27.2 Å². The predicted molar refractivity (Wildman–Crippen MR) is 71.2 cm³/mol. The van der Waals surface area contributed by atoms with Gasteiger partial charge in [-0.25, -0.2) is 0 Å². The molecule has 7 heteroatoms. The Balaban J connectivity index is 0.00000324. The molecule has 1 aromatic rings. The van der Waals surface area contributed by atoms with E-state index in [4.69, 9.17) is 0 Å². The zero-order valence-electron chi connectivity index (χ0n) is 10.7. The number of benzene rings is 1. The Morgan fingerprint density at radius 2 is 2.05 bits per heavy atom. The number of carbonyl (C=O) groups is 1. The third-order valence-electron chi connectivity index (χ3n) is 2.38. The number of para-hydroxylation sites is 1. The fraction of sp³-hybridized carbons (Fsp3) is 0.417. The number of likely N-dealkylation sites (N-methyl/N-ethyl adjacent to an activating group) is 2. The highest BCUT2D eigenvalue weighted by Crippen LogP contribution is 2.21. The summed E-state index contributed by atoms with van der Waals surface area (Å²) >= 11 is 0. The van der Waals surface area contributed by atoms with Gasteiger partial charge in [-0.15, -0.1) is 12.4 Å². The molecule has 0 atom stereocenters. The Bertz CT molecular complexity index is 405. The molecule has 0 saturated heterocycles. The summed E-state index contributed by atoms with van der Waals surface area (Å²) in [5, 5.41) is 2.91. The second-order valence-electron chi connectivity index (χ2n) is 3.70. The maximum atomic E-state index is 12.2. The predicted octanol–water partition coefficient (Wildman–Crippen LogP) is 2.00. The van der Waals surface area contributed by atoms with E-state index in [0.717, 1.165) is 0 Å². The third kappa shape index (κ3) is 5.40. The van der Waals surface area contributed by atoms with Crippen LogP contribution in [-0.4, -0.2) is 44.6 Å². The number of halogens is 3. The van der Waals surface area contributed by atoms with Crippen LogP contribution >= 0.6 is 12.4 Å². The van der Waals surface area contributed by atoms with Crippen molar-refractivity contribution >= 4 is 18.3 Å². The highest BCUT2D eigenvalue weighted by atomic mass is 35.5. The van der Waals surface area contributed by atoms with Gasteiger partial charge in [0.2, 0.25) is 0 Å². The van der Waals surface area contributed by atoms with Crippen molar-refractivity contribution in [2.24, 2.45) is 0 Å². The van der Waals surface area contributed by atoms with Crippen molar-refractivity contribution in [1.29, 1.82) is 0 Å². The zero-order valence-corrected chi connectivity index (χ0v) is 11.5. The number of alkyl halides is 2. The van der Waals surface area contributed by atoms with Crippen LogP contribution in [0, 0.1) is 0 Å². The molecule has 0 aliphatic rings. The number of rotatable bonds is 6. The van der Waals surface area contributed by atoms with E-state index >= 15 is 0 Å². The fourth-order valence-corrected chi connectivity index (χ4v) is 1.43. The summed E-state index contributed by atoms with van der Waals surface area (Å²) in [5.74, 6) is -0.449. The van der Waals surface area contributed by atoms with Crippen LogP contribution in [0.5, 0.6) is 5.75 Å². The van der Waals surface area contributed by atoms with Gasteiger partial charge in [0.15, 0.2) is 0 Å². The van der Waals surface area contributed by atoms with Crippen LogP contribution in [0.25, 0.3) is 0 Å². The van der Waals surface area contributed by atoms with Crippen molar-refractivity contribution in [1.82, 2.24) is 10.2 Å². The first-order chi connectivity index (χ1) is 8.56. The number of amides is 1. The minimum absolute atomic E-state index is 0. The van der Waals surface area contributed by atoms with Crippen molar-refractivity contribution in [3.05, 3.63) is 29.8 Å². The van der Waals surface area contributed by atoms with Gasteiger partial charge in [-0.3, -0.25) is 4.79 Å². The average Bonchev–Trinajstić information content (AvgIpc) is 2.35. The highest BCUT2D eigenvalue weighted by molar-refractivity contribution is 5.96. The number of hydrogen-bond donors (Lipinski definition) is 1. The standard InChI is InChI=1S/C12H16F2N2O2.ClH/c1-15-7-8-16(2)11(17)9-5-3-4-6-10(9)18-12(13)14;/h3-6,12,15H,7-8H2,1-2H3;1H. The van der Waals surface area contributed by atoms with Crippen LogP contribution in [-0.2, 0) is 0 Å². The molecule has 0 spiro atoms. The zero-order chi connectivity index (χ0) is 13.5. The van der Waals surface area contributed by atoms with Crippen LogP contribution in [0.1, 0.15) is 10.4 Å². The van der Waals surface area contributed by atoms with Crippen LogP contribution in [0.3, 0.4) is 0 Å². The first kappa shape index (κ1) is 17.6. The molecular formula is C12H17ClF2N2O2. The minimum Gasteiger partial charge on any atom is -0.434 e. The third-order valence-corrected chi connectivity index (χ3v) is 2.38. The summed E-state index contributed by atoms with van der Waals surface area (Å²) in [5.41, 5.74) is 0.136. The van der Waals surface area contributed by atoms with Crippen LogP contribution < -0.4 is 10.1 Å². The lowest BCUT2D eigenvalue weighted by molar-refractivity contribution is -0.0502. The van der Waals surface area contributed by atoms with Crippen LogP contribution in [0.4, 0.5) is 8.78 Å². The summed E-state index contributed by atoms with van der Waals surface area (Å²) in [6, 6.07) is 5.97. The molecule has 1 aromatic carbocycles. The monoisotopic (exact) mass is 294 g/mol. The molecule has 0 heterocycles. The molecule has 4 nitrogen and oxygen atoms in total. The summed E-state index contributed by atoms with van der Waals surface area (Å²) in [4.78, 5) is 13.5. The van der Waals surface area contributed by atoms with Crippen molar-refractivity contribution in [3.8, 4) is 5.75 Å². The molecule has 0 aromatic heterocycles. The molecule has 0 saturated carbocycles. The lowest BCUT2D eigenvalue weighted by Gasteiger charge is -2.18. The number of hydrogen-bond acceptors (Lipinski definition) is 3. The molecule has 0 fully saturated rings. The van der Waals surface area contributed by atoms with E-state index in [0.29, 0.717) is 13.1 Å². The Morgan fingerprint density at radius 1 is 1.42 bits per heavy atom. The fourth-order valence-electron chi connectivity index (χ4n) is 1.43. The first-order valence-electron chi connectivity index (χ1n) is 5.50. The summed E-state index contributed by atoms with van der Waals surface area (Å²) in [7, 11) is 3.38. The SMILES string of the molecule is CNCCN(C)C(=O)c1ccccc1OC(F)F.Cl. The van der Waals surface area contributed by atoms with Gasteiger partial charge in [0.05, 0.1) is 5.56 Å². The first-order valence-corrected chi connectivity index (χ1v) is 5.50. The van der Waals surface area contributed by atoms with Gasteiger partial charge < -0.3 is 15.0 Å². The summed E-state index contributed by atoms with van der Waals surface area (Å²) < 4.78 is 28.7. The molecule has 0 unspecified atom stereocenters. The number of ether oxygens (including phenoxy) is 1. The molecule has 1 rings (SSSR count). The lowest BCUT2D eigenvalue weighted by Crippen LogP contribution is -2.33. The normalized spacial score (nSPS) is 9.95. The Labute approximate surface area is 117 Å². The van der Waals surface area contributed by atoms with E-state index in [1.165, 1.54) is 17.0 Å². The van der Waals surface area contributed by atoms with E-state index in [-0.39, 0.29) is 29.6 Å². The summed E-state index contributed by atoms with van der Waals surface area (Å²) in [6.45, 7) is -1.83. The largest absolute Gasteiger partial charge is 0.434 e. The minimum atomic E-state index is -2.94. The van der Waals surface area contributed by atoms with Crippen molar-refractivity contribution < 1.29 is 18.3 Å². The van der Waals surface area contributed by atoms with Crippen molar-refractivity contribution in [2.45, 2.75) is 6.61 Å². The maximum Gasteiger partial charge on any atom is 0.387 e. The Kier molecular flexibility index (Phi) is 8.02. The van der Waals surface area contributed by atoms with E-state index in [2.05, 4.69) is 10.1 Å². The molecule has 0 bridgehead atoms.